The second-order valence-corrected chi connectivity index (χ2v) is 6.98. The maximum absolute atomic E-state index is 5.55. The van der Waals surface area contributed by atoms with Gasteiger partial charge in [-0.1, -0.05) is 19.1 Å². The molecule has 0 aliphatic carbocycles. The van der Waals surface area contributed by atoms with Crippen LogP contribution in [0.3, 0.4) is 0 Å². The van der Waals surface area contributed by atoms with Gasteiger partial charge in [-0.15, -0.1) is 0 Å². The molecule has 2 rings (SSSR count). The third-order valence-corrected chi connectivity index (χ3v) is 5.08. The van der Waals surface area contributed by atoms with E-state index in [0.29, 0.717) is 6.54 Å². The standard InChI is InChI=1S/C21H37N5O2/c1-5-22-21(23-11-12-25(3)6-2)24-17-20(26-13-15-28-16-14-26)18-7-9-19(27-4)10-8-18/h7-10,20H,5-6,11-17H2,1-4H3,(H2,22,23,24). The van der Waals surface area contributed by atoms with Gasteiger partial charge in [0, 0.05) is 32.7 Å². The first-order chi connectivity index (χ1) is 13.7. The molecule has 2 N–H and O–H groups in total. The van der Waals surface area contributed by atoms with Crippen molar-refractivity contribution in [2.24, 2.45) is 4.99 Å². The smallest absolute Gasteiger partial charge is 0.191 e. The second-order valence-electron chi connectivity index (χ2n) is 6.98. The number of likely N-dealkylation sites (N-methyl/N-ethyl adjacent to an activating group) is 1. The molecule has 0 bridgehead atoms. The Morgan fingerprint density at radius 1 is 1.21 bits per heavy atom. The number of nitrogens with zero attached hydrogens (tertiary/aromatic N) is 3. The van der Waals surface area contributed by atoms with Crippen LogP contribution < -0.4 is 15.4 Å². The largest absolute Gasteiger partial charge is 0.497 e. The molecule has 28 heavy (non-hydrogen) atoms. The average Bonchev–Trinajstić information content (AvgIpc) is 2.74. The molecule has 1 aliphatic rings. The predicted octanol–water partition coefficient (Wildman–Crippen LogP) is 1.58. The van der Waals surface area contributed by atoms with E-state index in [0.717, 1.165) is 64.2 Å². The van der Waals surface area contributed by atoms with Crippen LogP contribution in [-0.4, -0.2) is 88.9 Å². The van der Waals surface area contributed by atoms with Crippen molar-refractivity contribution in [1.29, 1.82) is 0 Å². The molecule has 1 saturated heterocycles. The summed E-state index contributed by atoms with van der Waals surface area (Å²) >= 11 is 0. The lowest BCUT2D eigenvalue weighted by Gasteiger charge is -2.34. The number of hydrogen-bond acceptors (Lipinski definition) is 5. The first-order valence-electron chi connectivity index (χ1n) is 10.3. The Kier molecular flexibility index (Phi) is 10.1. The zero-order chi connectivity index (χ0) is 20.2. The number of benzene rings is 1. The Labute approximate surface area is 170 Å². The summed E-state index contributed by atoms with van der Waals surface area (Å²) in [5, 5.41) is 6.81. The van der Waals surface area contributed by atoms with Gasteiger partial charge in [0.2, 0.25) is 0 Å². The highest BCUT2D eigenvalue weighted by Crippen LogP contribution is 2.24. The summed E-state index contributed by atoms with van der Waals surface area (Å²) < 4.78 is 10.9. The number of nitrogens with one attached hydrogen (secondary N) is 2. The SMILES string of the molecule is CCNC(=NCC(c1ccc(OC)cc1)N1CCOCC1)NCCN(C)CC. The fourth-order valence-corrected chi connectivity index (χ4v) is 3.19. The number of hydrogen-bond donors (Lipinski definition) is 2. The third-order valence-electron chi connectivity index (χ3n) is 5.08. The fraction of sp³-hybridized carbons (Fsp3) is 0.667. The first kappa shape index (κ1) is 22.5. The summed E-state index contributed by atoms with van der Waals surface area (Å²) in [6.45, 7) is 12.1. The van der Waals surface area contributed by atoms with Crippen molar-refractivity contribution in [3.8, 4) is 5.75 Å². The van der Waals surface area contributed by atoms with E-state index >= 15 is 0 Å². The zero-order valence-corrected chi connectivity index (χ0v) is 17.9. The van der Waals surface area contributed by atoms with Gasteiger partial charge >= 0.3 is 0 Å². The van der Waals surface area contributed by atoms with Crippen LogP contribution >= 0.6 is 0 Å². The van der Waals surface area contributed by atoms with Gasteiger partial charge in [0.25, 0.3) is 0 Å². The molecule has 0 spiro atoms. The van der Waals surface area contributed by atoms with Crippen LogP contribution in [0.2, 0.25) is 0 Å². The van der Waals surface area contributed by atoms with Crippen LogP contribution in [0, 0.1) is 0 Å². The van der Waals surface area contributed by atoms with Crippen molar-refractivity contribution in [2.75, 3.05) is 73.2 Å². The van der Waals surface area contributed by atoms with Crippen LogP contribution in [0.5, 0.6) is 5.75 Å². The van der Waals surface area contributed by atoms with Crippen molar-refractivity contribution in [2.45, 2.75) is 19.9 Å². The Morgan fingerprint density at radius 3 is 2.54 bits per heavy atom. The molecule has 1 fully saturated rings. The molecule has 0 amide bonds. The third kappa shape index (κ3) is 7.30. The van der Waals surface area contributed by atoms with Crippen molar-refractivity contribution >= 4 is 5.96 Å². The van der Waals surface area contributed by atoms with Crippen LogP contribution in [0.25, 0.3) is 0 Å². The van der Waals surface area contributed by atoms with E-state index in [-0.39, 0.29) is 6.04 Å². The van der Waals surface area contributed by atoms with E-state index in [4.69, 9.17) is 14.5 Å². The number of rotatable bonds is 10. The molecule has 1 unspecified atom stereocenters. The molecule has 7 nitrogen and oxygen atoms in total. The monoisotopic (exact) mass is 391 g/mol. The molecule has 1 heterocycles. The lowest BCUT2D eigenvalue weighted by Crippen LogP contribution is -2.43. The summed E-state index contributed by atoms with van der Waals surface area (Å²) in [6, 6.07) is 8.56. The Hall–Kier alpha value is -1.83. The van der Waals surface area contributed by atoms with Gasteiger partial charge in [0.15, 0.2) is 5.96 Å². The summed E-state index contributed by atoms with van der Waals surface area (Å²) in [5.74, 6) is 1.75. The second kappa shape index (κ2) is 12.6. The number of methoxy groups -OCH3 is 1. The van der Waals surface area contributed by atoms with Gasteiger partial charge in [0.05, 0.1) is 32.9 Å². The van der Waals surface area contributed by atoms with Crippen molar-refractivity contribution in [3.05, 3.63) is 29.8 Å². The van der Waals surface area contributed by atoms with Gasteiger partial charge < -0.3 is 25.0 Å². The Morgan fingerprint density at radius 2 is 1.93 bits per heavy atom. The topological polar surface area (TPSA) is 61.4 Å². The maximum atomic E-state index is 5.55. The van der Waals surface area contributed by atoms with Crippen molar-refractivity contribution < 1.29 is 9.47 Å². The molecule has 158 valence electrons. The quantitative estimate of drug-likeness (QED) is 0.466. The summed E-state index contributed by atoms with van der Waals surface area (Å²) in [5.41, 5.74) is 1.26. The Balaban J connectivity index is 2.08. The molecule has 0 saturated carbocycles. The molecule has 7 heteroatoms. The first-order valence-corrected chi connectivity index (χ1v) is 10.3. The molecule has 1 aliphatic heterocycles. The fourth-order valence-electron chi connectivity index (χ4n) is 3.19. The average molecular weight is 392 g/mol. The molecule has 0 radical (unpaired) electrons. The minimum Gasteiger partial charge on any atom is -0.497 e. The number of guanidine groups is 1. The van der Waals surface area contributed by atoms with Gasteiger partial charge in [-0.25, -0.2) is 0 Å². The minimum absolute atomic E-state index is 0.226. The minimum atomic E-state index is 0.226. The van der Waals surface area contributed by atoms with E-state index in [1.807, 2.05) is 12.1 Å². The van der Waals surface area contributed by atoms with Crippen LogP contribution in [0.4, 0.5) is 0 Å². The van der Waals surface area contributed by atoms with E-state index in [1.54, 1.807) is 7.11 Å². The van der Waals surface area contributed by atoms with Crippen LogP contribution in [0.1, 0.15) is 25.5 Å². The molecular formula is C21H37N5O2. The highest BCUT2D eigenvalue weighted by atomic mass is 16.5. The van der Waals surface area contributed by atoms with Gasteiger partial charge in [0.1, 0.15) is 5.75 Å². The number of aliphatic imine (C=N–C) groups is 1. The number of morpholine rings is 1. The van der Waals surface area contributed by atoms with E-state index in [2.05, 4.69) is 53.5 Å². The molecule has 0 aromatic heterocycles. The summed E-state index contributed by atoms with van der Waals surface area (Å²) in [7, 11) is 3.83. The van der Waals surface area contributed by atoms with Crippen LogP contribution in [0.15, 0.2) is 29.3 Å². The van der Waals surface area contributed by atoms with Crippen molar-refractivity contribution in [3.63, 3.8) is 0 Å². The van der Waals surface area contributed by atoms with Gasteiger partial charge in [-0.3, -0.25) is 9.89 Å². The highest BCUT2D eigenvalue weighted by Gasteiger charge is 2.22. The Bertz CT molecular complexity index is 573. The molecule has 1 aromatic carbocycles. The molecule has 1 aromatic rings. The van der Waals surface area contributed by atoms with Gasteiger partial charge in [-0.2, -0.15) is 0 Å². The predicted molar refractivity (Wildman–Crippen MR) is 115 cm³/mol. The number of ether oxygens (including phenoxy) is 2. The summed E-state index contributed by atoms with van der Waals surface area (Å²) in [6.07, 6.45) is 0. The van der Waals surface area contributed by atoms with Gasteiger partial charge in [-0.05, 0) is 38.2 Å². The van der Waals surface area contributed by atoms with E-state index in [1.165, 1.54) is 5.56 Å². The molecule has 1 atom stereocenters. The normalized spacial score (nSPS) is 16.8. The van der Waals surface area contributed by atoms with E-state index in [9.17, 15) is 0 Å². The summed E-state index contributed by atoms with van der Waals surface area (Å²) in [4.78, 5) is 9.64. The maximum Gasteiger partial charge on any atom is 0.191 e. The van der Waals surface area contributed by atoms with E-state index < -0.39 is 0 Å². The zero-order valence-electron chi connectivity index (χ0n) is 17.9. The lowest BCUT2D eigenvalue weighted by molar-refractivity contribution is 0.0179. The molecular weight excluding hydrogens is 354 g/mol. The van der Waals surface area contributed by atoms with Crippen LogP contribution in [-0.2, 0) is 4.74 Å². The lowest BCUT2D eigenvalue weighted by atomic mass is 10.0. The van der Waals surface area contributed by atoms with Crippen molar-refractivity contribution in [1.82, 2.24) is 20.4 Å². The highest BCUT2D eigenvalue weighted by molar-refractivity contribution is 5.79.